The summed E-state index contributed by atoms with van der Waals surface area (Å²) in [6.45, 7) is 1.76. The van der Waals surface area contributed by atoms with Crippen molar-refractivity contribution in [3.05, 3.63) is 47.7 Å². The van der Waals surface area contributed by atoms with Crippen LogP contribution in [0.25, 0.3) is 0 Å². The maximum Gasteiger partial charge on any atom is 0.335 e. The van der Waals surface area contributed by atoms with Crippen molar-refractivity contribution in [3.63, 3.8) is 0 Å². The van der Waals surface area contributed by atoms with Crippen LogP contribution < -0.4 is 9.46 Å². The van der Waals surface area contributed by atoms with Gasteiger partial charge in [-0.1, -0.05) is 6.07 Å². The van der Waals surface area contributed by atoms with Crippen molar-refractivity contribution >= 4 is 21.7 Å². The number of hydrogen-bond donors (Lipinski definition) is 2. The molecule has 0 aliphatic rings. The molecule has 2 rings (SSSR count). The van der Waals surface area contributed by atoms with Gasteiger partial charge >= 0.3 is 5.97 Å². The van der Waals surface area contributed by atoms with Crippen molar-refractivity contribution < 1.29 is 23.1 Å². The van der Waals surface area contributed by atoms with Crippen molar-refractivity contribution in [2.24, 2.45) is 0 Å². The van der Waals surface area contributed by atoms with Gasteiger partial charge in [0.1, 0.15) is 5.69 Å². The van der Waals surface area contributed by atoms with E-state index < -0.39 is 16.0 Å². The summed E-state index contributed by atoms with van der Waals surface area (Å²) in [7, 11) is -2.58. The van der Waals surface area contributed by atoms with Crippen LogP contribution in [0.3, 0.4) is 0 Å². The lowest BCUT2D eigenvalue weighted by Crippen LogP contribution is -2.15. The molecule has 1 aromatic carbocycles. The van der Waals surface area contributed by atoms with Crippen LogP contribution in [-0.2, 0) is 10.0 Å². The van der Waals surface area contributed by atoms with E-state index in [1.807, 2.05) is 0 Å². The van der Waals surface area contributed by atoms with Gasteiger partial charge in [0.15, 0.2) is 0 Å². The Morgan fingerprint density at radius 1 is 1.32 bits per heavy atom. The topological polar surface area (TPSA) is 106 Å². The number of pyridine rings is 1. The molecule has 0 radical (unpaired) electrons. The van der Waals surface area contributed by atoms with E-state index in [9.17, 15) is 13.2 Å². The van der Waals surface area contributed by atoms with Crippen LogP contribution in [0.2, 0.25) is 0 Å². The van der Waals surface area contributed by atoms with E-state index in [0.29, 0.717) is 0 Å². The van der Waals surface area contributed by atoms with Gasteiger partial charge in [-0.2, -0.15) is 0 Å². The Hall–Kier alpha value is -2.61. The number of carbonyl (C=O) groups is 1. The molecule has 1 aromatic heterocycles. The molecular weight excluding hydrogens is 308 g/mol. The summed E-state index contributed by atoms with van der Waals surface area (Å²) in [5.74, 6) is -1.07. The Balaban J connectivity index is 2.42. The third kappa shape index (κ3) is 3.34. The highest BCUT2D eigenvalue weighted by Crippen LogP contribution is 2.25. The normalized spacial score (nSPS) is 11.0. The van der Waals surface area contributed by atoms with Crippen molar-refractivity contribution in [2.45, 2.75) is 11.8 Å². The molecule has 0 aliphatic heterocycles. The summed E-state index contributed by atoms with van der Waals surface area (Å²) in [6, 6.07) is 6.65. The first-order chi connectivity index (χ1) is 10.3. The van der Waals surface area contributed by atoms with Gasteiger partial charge in [-0.25, -0.2) is 18.2 Å². The monoisotopic (exact) mass is 322 g/mol. The van der Waals surface area contributed by atoms with Gasteiger partial charge in [-0.05, 0) is 36.8 Å². The molecule has 0 saturated carbocycles. The number of aromatic carboxylic acids is 1. The molecule has 0 saturated heterocycles. The summed E-state index contributed by atoms with van der Waals surface area (Å²) in [4.78, 5) is 14.8. The second-order valence-electron chi connectivity index (χ2n) is 4.51. The van der Waals surface area contributed by atoms with Gasteiger partial charge in [0, 0.05) is 6.20 Å². The van der Waals surface area contributed by atoms with Crippen molar-refractivity contribution in [3.8, 4) is 5.88 Å². The minimum Gasteiger partial charge on any atom is -0.480 e. The molecule has 0 spiro atoms. The predicted molar refractivity (Wildman–Crippen MR) is 79.7 cm³/mol. The van der Waals surface area contributed by atoms with Gasteiger partial charge < -0.3 is 9.84 Å². The molecule has 0 aliphatic carbocycles. The quantitative estimate of drug-likeness (QED) is 0.871. The fourth-order valence-corrected chi connectivity index (χ4v) is 2.89. The van der Waals surface area contributed by atoms with Crippen LogP contribution in [0.4, 0.5) is 5.69 Å². The van der Waals surface area contributed by atoms with E-state index in [4.69, 9.17) is 9.84 Å². The first-order valence-corrected chi connectivity index (χ1v) is 7.68. The Morgan fingerprint density at radius 2 is 2.05 bits per heavy atom. The fraction of sp³-hybridized carbons (Fsp3) is 0.143. The van der Waals surface area contributed by atoms with Gasteiger partial charge in [0.25, 0.3) is 10.0 Å². The molecule has 0 fully saturated rings. The Kier molecular flexibility index (Phi) is 4.32. The minimum atomic E-state index is -3.95. The molecule has 22 heavy (non-hydrogen) atoms. The number of sulfonamides is 1. The van der Waals surface area contributed by atoms with Crippen LogP contribution in [0, 0.1) is 6.92 Å². The number of aromatic nitrogens is 1. The second kappa shape index (κ2) is 6.02. The largest absolute Gasteiger partial charge is 0.480 e. The number of carboxylic acid groups (broad SMARTS) is 1. The smallest absolute Gasteiger partial charge is 0.335 e. The molecule has 1 heterocycles. The molecule has 116 valence electrons. The molecule has 0 amide bonds. The van der Waals surface area contributed by atoms with Crippen LogP contribution in [0.1, 0.15) is 15.9 Å². The summed E-state index contributed by atoms with van der Waals surface area (Å²) in [6.07, 6.45) is 1.54. The van der Waals surface area contributed by atoms with Crippen LogP contribution in [-0.4, -0.2) is 31.6 Å². The molecular formula is C14H14N2O5S. The average molecular weight is 322 g/mol. The Morgan fingerprint density at radius 3 is 2.68 bits per heavy atom. The van der Waals surface area contributed by atoms with E-state index >= 15 is 0 Å². The van der Waals surface area contributed by atoms with Gasteiger partial charge in [-0.15, -0.1) is 0 Å². The number of ether oxygens (including phenoxy) is 1. The van der Waals surface area contributed by atoms with Crippen molar-refractivity contribution in [1.29, 1.82) is 0 Å². The molecule has 7 nitrogen and oxygen atoms in total. The first kappa shape index (κ1) is 15.8. The van der Waals surface area contributed by atoms with E-state index in [-0.39, 0.29) is 22.0 Å². The first-order valence-electron chi connectivity index (χ1n) is 6.20. The molecule has 8 heteroatoms. The molecule has 0 unspecified atom stereocenters. The number of hydrogen-bond acceptors (Lipinski definition) is 5. The maximum absolute atomic E-state index is 12.4. The number of methoxy groups -OCH3 is 1. The van der Waals surface area contributed by atoms with E-state index in [1.54, 1.807) is 19.2 Å². The number of nitrogens with one attached hydrogen (secondary N) is 1. The zero-order chi connectivity index (χ0) is 16.3. The molecule has 2 aromatic rings. The zero-order valence-corrected chi connectivity index (χ0v) is 12.7. The predicted octanol–water partition coefficient (Wildman–Crippen LogP) is 1.90. The van der Waals surface area contributed by atoms with Gasteiger partial charge in [0.05, 0.1) is 17.6 Å². The Labute approximate surface area is 127 Å². The van der Waals surface area contributed by atoms with Gasteiger partial charge in [0.2, 0.25) is 5.88 Å². The SMILES string of the molecule is COc1ncc(C)cc1NS(=O)(=O)c1cccc(C(=O)O)c1. The van der Waals surface area contributed by atoms with Gasteiger partial charge in [-0.3, -0.25) is 4.72 Å². The highest BCUT2D eigenvalue weighted by Gasteiger charge is 2.18. The number of rotatable bonds is 5. The number of anilines is 1. The van der Waals surface area contributed by atoms with E-state index in [2.05, 4.69) is 9.71 Å². The van der Waals surface area contributed by atoms with Crippen molar-refractivity contribution in [2.75, 3.05) is 11.8 Å². The van der Waals surface area contributed by atoms with Crippen molar-refractivity contribution in [1.82, 2.24) is 4.98 Å². The summed E-state index contributed by atoms with van der Waals surface area (Å²) < 4.78 is 32.1. The standard InChI is InChI=1S/C14H14N2O5S/c1-9-6-12(13(21-2)15-8-9)16-22(19,20)11-5-3-4-10(7-11)14(17)18/h3-8,16H,1-2H3,(H,17,18). The number of aryl methyl sites for hydroxylation is 1. The zero-order valence-electron chi connectivity index (χ0n) is 11.9. The molecule has 0 atom stereocenters. The highest BCUT2D eigenvalue weighted by atomic mass is 32.2. The molecule has 0 bridgehead atoms. The summed E-state index contributed by atoms with van der Waals surface area (Å²) >= 11 is 0. The van der Waals surface area contributed by atoms with Crippen LogP contribution in [0.15, 0.2) is 41.4 Å². The minimum absolute atomic E-state index is 0.114. The Bertz CT molecular complexity index is 818. The number of nitrogens with zero attached hydrogens (tertiary/aromatic N) is 1. The molecule has 2 N–H and O–H groups in total. The lowest BCUT2D eigenvalue weighted by atomic mass is 10.2. The summed E-state index contributed by atoms with van der Waals surface area (Å²) in [5.41, 5.74) is 0.818. The van der Waals surface area contributed by atoms with Crippen LogP contribution >= 0.6 is 0 Å². The lowest BCUT2D eigenvalue weighted by Gasteiger charge is -2.12. The number of benzene rings is 1. The lowest BCUT2D eigenvalue weighted by molar-refractivity contribution is 0.0696. The average Bonchev–Trinajstić information content (AvgIpc) is 2.47. The second-order valence-corrected chi connectivity index (χ2v) is 6.19. The van der Waals surface area contributed by atoms with E-state index in [1.165, 1.54) is 25.3 Å². The maximum atomic E-state index is 12.4. The van der Waals surface area contributed by atoms with E-state index in [0.717, 1.165) is 11.6 Å². The van der Waals surface area contributed by atoms with Crippen LogP contribution in [0.5, 0.6) is 5.88 Å². The third-order valence-corrected chi connectivity index (χ3v) is 4.18. The third-order valence-electron chi connectivity index (χ3n) is 2.82. The fourth-order valence-electron chi connectivity index (χ4n) is 1.79. The number of carboxylic acids is 1. The highest BCUT2D eigenvalue weighted by molar-refractivity contribution is 7.92. The summed E-state index contributed by atoms with van der Waals surface area (Å²) in [5, 5.41) is 8.94.